The SMILES string of the molecule is Cc1cc(C)cc(C(C(=O)NC2CCCCC2)N(C)C(=O)C(CS)NC(=O)OC(C)(C)C)c1. The normalized spacial score (nSPS) is 16.5. The molecule has 2 atom stereocenters. The number of hydrogen-bond acceptors (Lipinski definition) is 5. The molecule has 0 saturated heterocycles. The summed E-state index contributed by atoms with van der Waals surface area (Å²) in [6, 6.07) is 4.26. The number of alkyl carbamates (subject to hydrolysis) is 1. The number of thiol groups is 1. The van der Waals surface area contributed by atoms with E-state index in [9.17, 15) is 14.4 Å². The lowest BCUT2D eigenvalue weighted by Crippen LogP contribution is -2.53. The molecule has 0 heterocycles. The van der Waals surface area contributed by atoms with Gasteiger partial charge in [0.2, 0.25) is 11.8 Å². The van der Waals surface area contributed by atoms with Crippen molar-refractivity contribution in [1.82, 2.24) is 15.5 Å². The number of aryl methyl sites for hydroxylation is 2. The fourth-order valence-corrected chi connectivity index (χ4v) is 4.50. The lowest BCUT2D eigenvalue weighted by atomic mass is 9.94. The molecule has 2 rings (SSSR count). The van der Waals surface area contributed by atoms with Crippen molar-refractivity contribution in [1.29, 1.82) is 0 Å². The number of benzene rings is 1. The lowest BCUT2D eigenvalue weighted by molar-refractivity contribution is -0.140. The Kier molecular flexibility index (Phi) is 9.64. The smallest absolute Gasteiger partial charge is 0.408 e. The molecule has 0 aliphatic heterocycles. The van der Waals surface area contributed by atoms with E-state index in [0.29, 0.717) is 0 Å². The van der Waals surface area contributed by atoms with E-state index in [2.05, 4.69) is 23.3 Å². The summed E-state index contributed by atoms with van der Waals surface area (Å²) in [6.07, 6.45) is 4.57. The largest absolute Gasteiger partial charge is 0.444 e. The van der Waals surface area contributed by atoms with E-state index in [1.54, 1.807) is 27.8 Å². The Bertz CT molecular complexity index is 826. The van der Waals surface area contributed by atoms with Gasteiger partial charge in [-0.25, -0.2) is 4.79 Å². The van der Waals surface area contributed by atoms with Crippen LogP contribution >= 0.6 is 12.6 Å². The Morgan fingerprint density at radius 3 is 2.18 bits per heavy atom. The number of nitrogens with zero attached hydrogens (tertiary/aromatic N) is 1. The summed E-state index contributed by atoms with van der Waals surface area (Å²) in [4.78, 5) is 40.5. The average Bonchev–Trinajstić information content (AvgIpc) is 2.70. The van der Waals surface area contributed by atoms with Gasteiger partial charge in [0.1, 0.15) is 17.7 Å². The van der Waals surface area contributed by atoms with Crippen LogP contribution < -0.4 is 10.6 Å². The zero-order chi connectivity index (χ0) is 24.8. The van der Waals surface area contributed by atoms with Crippen LogP contribution in [0.2, 0.25) is 0 Å². The molecule has 184 valence electrons. The van der Waals surface area contributed by atoms with E-state index in [4.69, 9.17) is 4.74 Å². The number of likely N-dealkylation sites (N-methyl/N-ethyl adjacent to an activating group) is 1. The highest BCUT2D eigenvalue weighted by Gasteiger charge is 2.34. The summed E-state index contributed by atoms with van der Waals surface area (Å²) in [5, 5.41) is 5.75. The van der Waals surface area contributed by atoms with Crippen LogP contribution in [0.4, 0.5) is 4.79 Å². The predicted octanol–water partition coefficient (Wildman–Crippen LogP) is 4.07. The molecule has 1 fully saturated rings. The molecular formula is C25H39N3O4S. The van der Waals surface area contributed by atoms with Gasteiger partial charge in [-0.05, 0) is 53.0 Å². The van der Waals surface area contributed by atoms with Crippen LogP contribution in [-0.2, 0) is 14.3 Å². The van der Waals surface area contributed by atoms with E-state index in [1.165, 1.54) is 11.3 Å². The van der Waals surface area contributed by atoms with Crippen molar-refractivity contribution in [3.8, 4) is 0 Å². The minimum absolute atomic E-state index is 0.0756. The molecule has 2 N–H and O–H groups in total. The molecule has 7 nitrogen and oxygen atoms in total. The Morgan fingerprint density at radius 1 is 1.09 bits per heavy atom. The van der Waals surface area contributed by atoms with Gasteiger partial charge in [-0.2, -0.15) is 12.6 Å². The number of hydrogen-bond donors (Lipinski definition) is 3. The van der Waals surface area contributed by atoms with Crippen LogP contribution in [0.25, 0.3) is 0 Å². The van der Waals surface area contributed by atoms with E-state index in [1.807, 2.05) is 32.0 Å². The number of carbonyl (C=O) groups is 3. The standard InChI is InChI=1S/C25H39N3O4S/c1-16-12-17(2)14-18(13-16)21(22(29)26-19-10-8-7-9-11-19)28(6)23(30)20(15-33)27-24(31)32-25(3,4)5/h12-14,19-21,33H,7-11,15H2,1-6H3,(H,26,29)(H,27,31). The van der Waals surface area contributed by atoms with Gasteiger partial charge in [0.25, 0.3) is 0 Å². The summed E-state index contributed by atoms with van der Waals surface area (Å²) in [7, 11) is 1.60. The second-order valence-electron chi connectivity index (χ2n) is 10.00. The van der Waals surface area contributed by atoms with Crippen molar-refractivity contribution >= 4 is 30.5 Å². The highest BCUT2D eigenvalue weighted by Crippen LogP contribution is 2.25. The third-order valence-electron chi connectivity index (χ3n) is 5.67. The Hall–Kier alpha value is -2.22. The summed E-state index contributed by atoms with van der Waals surface area (Å²) < 4.78 is 5.29. The van der Waals surface area contributed by atoms with E-state index < -0.39 is 29.7 Å². The predicted molar refractivity (Wildman–Crippen MR) is 133 cm³/mol. The first kappa shape index (κ1) is 27.0. The van der Waals surface area contributed by atoms with Gasteiger partial charge in [-0.15, -0.1) is 0 Å². The minimum Gasteiger partial charge on any atom is -0.444 e. The van der Waals surface area contributed by atoms with E-state index in [0.717, 1.165) is 42.4 Å². The number of ether oxygens (including phenoxy) is 1. The summed E-state index contributed by atoms with van der Waals surface area (Å²) in [5.74, 6) is -0.539. The van der Waals surface area contributed by atoms with Crippen LogP contribution in [0.15, 0.2) is 18.2 Å². The molecule has 1 aliphatic carbocycles. The number of amides is 3. The first-order valence-electron chi connectivity index (χ1n) is 11.7. The highest BCUT2D eigenvalue weighted by atomic mass is 32.1. The average molecular weight is 478 g/mol. The molecule has 3 amide bonds. The molecule has 33 heavy (non-hydrogen) atoms. The maximum Gasteiger partial charge on any atom is 0.408 e. The quantitative estimate of drug-likeness (QED) is 0.517. The molecule has 1 aromatic rings. The molecule has 1 aliphatic rings. The highest BCUT2D eigenvalue weighted by molar-refractivity contribution is 7.80. The topological polar surface area (TPSA) is 87.7 Å². The zero-order valence-electron chi connectivity index (χ0n) is 20.7. The van der Waals surface area contributed by atoms with Crippen LogP contribution in [0.5, 0.6) is 0 Å². The lowest BCUT2D eigenvalue weighted by Gasteiger charge is -2.33. The molecular weight excluding hydrogens is 438 g/mol. The molecule has 0 spiro atoms. The van der Waals surface area contributed by atoms with E-state index in [-0.39, 0.29) is 17.7 Å². The first-order chi connectivity index (χ1) is 15.4. The van der Waals surface area contributed by atoms with Crippen molar-refractivity contribution in [2.45, 2.75) is 90.4 Å². The van der Waals surface area contributed by atoms with Crippen LogP contribution in [0, 0.1) is 13.8 Å². The third-order valence-corrected chi connectivity index (χ3v) is 6.03. The third kappa shape index (κ3) is 8.25. The van der Waals surface area contributed by atoms with Gasteiger partial charge in [-0.3, -0.25) is 9.59 Å². The maximum absolute atomic E-state index is 13.5. The fraction of sp³-hybridized carbons (Fsp3) is 0.640. The van der Waals surface area contributed by atoms with Gasteiger partial charge in [0.15, 0.2) is 0 Å². The Labute approximate surface area is 203 Å². The van der Waals surface area contributed by atoms with Crippen LogP contribution in [0.1, 0.15) is 75.6 Å². The maximum atomic E-state index is 13.5. The van der Waals surface area contributed by atoms with Gasteiger partial charge in [0.05, 0.1) is 0 Å². The fourth-order valence-electron chi connectivity index (χ4n) is 4.25. The second kappa shape index (κ2) is 11.8. The number of rotatable bonds is 7. The summed E-state index contributed by atoms with van der Waals surface area (Å²) >= 11 is 4.26. The number of carbonyl (C=O) groups excluding carboxylic acids is 3. The van der Waals surface area contributed by atoms with Gasteiger partial charge in [0, 0.05) is 18.8 Å². The Morgan fingerprint density at radius 2 is 1.67 bits per heavy atom. The molecule has 1 saturated carbocycles. The molecule has 2 unspecified atom stereocenters. The summed E-state index contributed by atoms with van der Waals surface area (Å²) in [5.41, 5.74) is 2.08. The van der Waals surface area contributed by atoms with Crippen LogP contribution in [-0.4, -0.2) is 53.3 Å². The monoisotopic (exact) mass is 477 g/mol. The van der Waals surface area contributed by atoms with Crippen molar-refractivity contribution in [2.75, 3.05) is 12.8 Å². The molecule has 0 bridgehead atoms. The van der Waals surface area contributed by atoms with E-state index >= 15 is 0 Å². The minimum atomic E-state index is -0.927. The van der Waals surface area contributed by atoms with Gasteiger partial charge < -0.3 is 20.3 Å². The molecule has 1 aromatic carbocycles. The van der Waals surface area contributed by atoms with Crippen molar-refractivity contribution in [3.63, 3.8) is 0 Å². The van der Waals surface area contributed by atoms with Crippen LogP contribution in [0.3, 0.4) is 0 Å². The van der Waals surface area contributed by atoms with Crippen molar-refractivity contribution in [3.05, 3.63) is 34.9 Å². The molecule has 0 radical (unpaired) electrons. The second-order valence-corrected chi connectivity index (χ2v) is 10.4. The van der Waals surface area contributed by atoms with Crippen molar-refractivity contribution in [2.24, 2.45) is 0 Å². The Balaban J connectivity index is 2.28. The van der Waals surface area contributed by atoms with Gasteiger partial charge in [-0.1, -0.05) is 48.6 Å². The molecule has 8 heteroatoms. The molecule has 0 aromatic heterocycles. The number of nitrogens with one attached hydrogen (secondary N) is 2. The first-order valence-corrected chi connectivity index (χ1v) is 12.3. The zero-order valence-corrected chi connectivity index (χ0v) is 21.6. The van der Waals surface area contributed by atoms with Gasteiger partial charge >= 0.3 is 6.09 Å². The van der Waals surface area contributed by atoms with Crippen molar-refractivity contribution < 1.29 is 19.1 Å². The summed E-state index contributed by atoms with van der Waals surface area (Å²) in [6.45, 7) is 9.19.